The average Bonchev–Trinajstić information content (AvgIpc) is 3.09. The molecule has 2 amide bonds. The first-order valence-electron chi connectivity index (χ1n) is 6.87. The van der Waals surface area contributed by atoms with Crippen LogP contribution in [0, 0.1) is 0 Å². The number of ether oxygens (including phenoxy) is 1. The van der Waals surface area contributed by atoms with E-state index in [1.807, 2.05) is 4.72 Å². The van der Waals surface area contributed by atoms with Crippen LogP contribution in [0.25, 0.3) is 0 Å². The number of rotatable bonds is 6. The molecule has 0 aliphatic carbocycles. The van der Waals surface area contributed by atoms with Crippen LogP contribution < -0.4 is 14.8 Å². The number of carbonyl (C=O) groups is 2. The standard InChI is InChI=1S/C15H16N2O6S/c1-10(16-15(19)11-7-8-23-9-11)14(18)17-24(20,21)13-5-3-12(22-2)4-6-13/h3-10H,1-2H3,(H,16,19)(H,17,18)/t10-/m1/s1. The van der Waals surface area contributed by atoms with Crippen LogP contribution in [0.2, 0.25) is 0 Å². The fraction of sp³-hybridized carbons (Fsp3) is 0.200. The van der Waals surface area contributed by atoms with Crippen LogP contribution in [-0.2, 0) is 14.8 Å². The van der Waals surface area contributed by atoms with Gasteiger partial charge in [0.05, 0.1) is 23.8 Å². The van der Waals surface area contributed by atoms with E-state index in [1.165, 1.54) is 56.9 Å². The lowest BCUT2D eigenvalue weighted by molar-refractivity contribution is -0.120. The fourth-order valence-electron chi connectivity index (χ4n) is 1.77. The Morgan fingerprint density at radius 2 is 1.83 bits per heavy atom. The van der Waals surface area contributed by atoms with E-state index in [1.54, 1.807) is 0 Å². The van der Waals surface area contributed by atoms with Gasteiger partial charge in [-0.15, -0.1) is 0 Å². The number of methoxy groups -OCH3 is 1. The Bertz CT molecular complexity index is 812. The summed E-state index contributed by atoms with van der Waals surface area (Å²) in [6, 6.07) is 5.91. The van der Waals surface area contributed by atoms with Gasteiger partial charge in [0.25, 0.3) is 21.8 Å². The Morgan fingerprint density at radius 3 is 2.38 bits per heavy atom. The van der Waals surface area contributed by atoms with Gasteiger partial charge < -0.3 is 14.5 Å². The minimum Gasteiger partial charge on any atom is -0.497 e. The van der Waals surface area contributed by atoms with Crippen LogP contribution in [0.4, 0.5) is 0 Å². The zero-order valence-corrected chi connectivity index (χ0v) is 13.8. The third-order valence-electron chi connectivity index (χ3n) is 3.13. The number of hydrogen-bond donors (Lipinski definition) is 2. The molecule has 9 heteroatoms. The van der Waals surface area contributed by atoms with Crippen molar-refractivity contribution in [2.75, 3.05) is 7.11 Å². The van der Waals surface area contributed by atoms with Gasteiger partial charge in [0, 0.05) is 0 Å². The summed E-state index contributed by atoms with van der Waals surface area (Å²) in [7, 11) is -2.59. The highest BCUT2D eigenvalue weighted by atomic mass is 32.2. The zero-order valence-electron chi connectivity index (χ0n) is 13.0. The third-order valence-corrected chi connectivity index (χ3v) is 4.49. The number of amides is 2. The third kappa shape index (κ3) is 4.13. The summed E-state index contributed by atoms with van der Waals surface area (Å²) in [6.07, 6.45) is 2.53. The van der Waals surface area contributed by atoms with Gasteiger partial charge in [-0.2, -0.15) is 0 Å². The van der Waals surface area contributed by atoms with Gasteiger partial charge in [-0.3, -0.25) is 9.59 Å². The molecular formula is C15H16N2O6S. The highest BCUT2D eigenvalue weighted by molar-refractivity contribution is 7.90. The number of sulfonamides is 1. The molecule has 0 aliphatic heterocycles. The van der Waals surface area contributed by atoms with Crippen molar-refractivity contribution >= 4 is 21.8 Å². The Morgan fingerprint density at radius 1 is 1.17 bits per heavy atom. The molecule has 8 nitrogen and oxygen atoms in total. The van der Waals surface area contributed by atoms with E-state index >= 15 is 0 Å². The molecular weight excluding hydrogens is 336 g/mol. The largest absolute Gasteiger partial charge is 0.497 e. The summed E-state index contributed by atoms with van der Waals surface area (Å²) in [5, 5.41) is 2.38. The zero-order chi connectivity index (χ0) is 17.7. The van der Waals surface area contributed by atoms with Crippen molar-refractivity contribution in [3.05, 3.63) is 48.4 Å². The van der Waals surface area contributed by atoms with Crippen LogP contribution >= 0.6 is 0 Å². The number of nitrogens with one attached hydrogen (secondary N) is 2. The number of benzene rings is 1. The monoisotopic (exact) mass is 352 g/mol. The van der Waals surface area contributed by atoms with Gasteiger partial charge >= 0.3 is 0 Å². The van der Waals surface area contributed by atoms with Crippen LogP contribution in [0.5, 0.6) is 5.75 Å². The summed E-state index contributed by atoms with van der Waals surface area (Å²) in [4.78, 5) is 23.7. The second-order valence-corrected chi connectivity index (χ2v) is 6.53. The second kappa shape index (κ2) is 7.18. The number of carbonyl (C=O) groups excluding carboxylic acids is 2. The van der Waals surface area contributed by atoms with Crippen molar-refractivity contribution < 1.29 is 27.2 Å². The molecule has 1 heterocycles. The minimum atomic E-state index is -4.04. The molecule has 0 unspecified atom stereocenters. The summed E-state index contributed by atoms with van der Waals surface area (Å²) >= 11 is 0. The predicted molar refractivity (Wildman–Crippen MR) is 84.0 cm³/mol. The highest BCUT2D eigenvalue weighted by Crippen LogP contribution is 2.15. The highest BCUT2D eigenvalue weighted by Gasteiger charge is 2.23. The van der Waals surface area contributed by atoms with E-state index in [4.69, 9.17) is 9.15 Å². The van der Waals surface area contributed by atoms with Crippen molar-refractivity contribution in [2.45, 2.75) is 17.9 Å². The molecule has 2 rings (SSSR count). The Labute approximate surface area is 138 Å². The van der Waals surface area contributed by atoms with E-state index in [0.29, 0.717) is 5.75 Å². The minimum absolute atomic E-state index is 0.0926. The average molecular weight is 352 g/mol. The lowest BCUT2D eigenvalue weighted by atomic mass is 10.2. The van der Waals surface area contributed by atoms with Gasteiger partial charge in [-0.1, -0.05) is 0 Å². The van der Waals surface area contributed by atoms with E-state index in [-0.39, 0.29) is 10.5 Å². The number of hydrogen-bond acceptors (Lipinski definition) is 6. The van der Waals surface area contributed by atoms with Gasteiger partial charge in [-0.05, 0) is 37.3 Å². The van der Waals surface area contributed by atoms with Gasteiger partial charge in [0.2, 0.25) is 0 Å². The first-order chi connectivity index (χ1) is 11.3. The van der Waals surface area contributed by atoms with Crippen LogP contribution in [0.1, 0.15) is 17.3 Å². The molecule has 1 aromatic heterocycles. The summed E-state index contributed by atoms with van der Waals surface area (Å²) in [6.45, 7) is 1.37. The molecule has 0 bridgehead atoms. The van der Waals surface area contributed by atoms with Crippen LogP contribution in [0.15, 0.2) is 52.2 Å². The van der Waals surface area contributed by atoms with Crippen LogP contribution in [-0.4, -0.2) is 33.4 Å². The Balaban J connectivity index is 2.02. The van der Waals surface area contributed by atoms with Gasteiger partial charge in [-0.25, -0.2) is 13.1 Å². The first kappa shape index (κ1) is 17.5. The number of furan rings is 1. The molecule has 2 N–H and O–H groups in total. The molecule has 0 radical (unpaired) electrons. The molecule has 2 aromatic rings. The van der Waals surface area contributed by atoms with Crippen molar-refractivity contribution in [3.63, 3.8) is 0 Å². The second-order valence-electron chi connectivity index (χ2n) is 4.85. The van der Waals surface area contributed by atoms with Crippen LogP contribution in [0.3, 0.4) is 0 Å². The van der Waals surface area contributed by atoms with Gasteiger partial charge in [0.15, 0.2) is 0 Å². The summed E-state index contributed by atoms with van der Waals surface area (Å²) in [5.74, 6) is -0.920. The summed E-state index contributed by atoms with van der Waals surface area (Å²) in [5.41, 5.74) is 0.229. The fourth-order valence-corrected chi connectivity index (χ4v) is 2.83. The van der Waals surface area contributed by atoms with E-state index < -0.39 is 27.9 Å². The van der Waals surface area contributed by atoms with E-state index in [2.05, 4.69) is 5.32 Å². The SMILES string of the molecule is COc1ccc(S(=O)(=O)NC(=O)[C@@H](C)NC(=O)c2ccoc2)cc1. The smallest absolute Gasteiger partial charge is 0.264 e. The summed E-state index contributed by atoms with van der Waals surface area (Å²) < 4.78 is 35.9. The molecule has 1 atom stereocenters. The van der Waals surface area contributed by atoms with Crippen molar-refractivity contribution in [1.29, 1.82) is 0 Å². The molecule has 0 fully saturated rings. The molecule has 128 valence electrons. The van der Waals surface area contributed by atoms with Crippen molar-refractivity contribution in [2.24, 2.45) is 0 Å². The normalized spacial score (nSPS) is 12.2. The first-order valence-corrected chi connectivity index (χ1v) is 8.35. The predicted octanol–water partition coefficient (Wildman–Crippen LogP) is 0.912. The van der Waals surface area contributed by atoms with Gasteiger partial charge in [0.1, 0.15) is 18.1 Å². The molecule has 0 saturated heterocycles. The van der Waals surface area contributed by atoms with E-state index in [9.17, 15) is 18.0 Å². The topological polar surface area (TPSA) is 115 Å². The molecule has 0 aliphatic rings. The quantitative estimate of drug-likeness (QED) is 0.799. The molecule has 0 spiro atoms. The maximum absolute atomic E-state index is 12.2. The Kier molecular flexibility index (Phi) is 5.24. The maximum Gasteiger partial charge on any atom is 0.264 e. The van der Waals surface area contributed by atoms with Crippen molar-refractivity contribution in [1.82, 2.24) is 10.0 Å². The maximum atomic E-state index is 12.2. The lowest BCUT2D eigenvalue weighted by Gasteiger charge is -2.14. The molecule has 1 aromatic carbocycles. The molecule has 0 saturated carbocycles. The molecule has 24 heavy (non-hydrogen) atoms. The van der Waals surface area contributed by atoms with Crippen molar-refractivity contribution in [3.8, 4) is 5.75 Å². The lowest BCUT2D eigenvalue weighted by Crippen LogP contribution is -2.46. The Hall–Kier alpha value is -2.81. The van der Waals surface area contributed by atoms with E-state index in [0.717, 1.165) is 0 Å².